The van der Waals surface area contributed by atoms with Crippen molar-refractivity contribution in [3.05, 3.63) is 0 Å². The van der Waals surface area contributed by atoms with Crippen LogP contribution in [0.4, 0.5) is 0 Å². The number of aliphatic hydroxyl groups is 4. The summed E-state index contributed by atoms with van der Waals surface area (Å²) in [5, 5.41) is 49.9. The van der Waals surface area contributed by atoms with E-state index in [2.05, 4.69) is 21.3 Å². The summed E-state index contributed by atoms with van der Waals surface area (Å²) in [5.74, 6) is 0. The molecule has 0 spiro atoms. The fraction of sp³-hybridized carbons (Fsp3) is 1.00. The Morgan fingerprint density at radius 3 is 0.850 bits per heavy atom. The zero-order valence-electron chi connectivity index (χ0n) is 11.8. The van der Waals surface area contributed by atoms with Gasteiger partial charge in [-0.15, -0.1) is 0 Å². The number of nitrogens with one attached hydrogen (secondary N) is 4. The Morgan fingerprint density at radius 2 is 0.700 bits per heavy atom. The van der Waals surface area contributed by atoms with Gasteiger partial charge in [-0.25, -0.2) is 0 Å². The summed E-state index contributed by atoms with van der Waals surface area (Å²) >= 11 is 0. The van der Waals surface area contributed by atoms with Crippen molar-refractivity contribution in [3.63, 3.8) is 0 Å². The third-order valence-corrected chi connectivity index (χ3v) is 3.49. The topological polar surface area (TPSA) is 129 Å². The summed E-state index contributed by atoms with van der Waals surface area (Å²) in [4.78, 5) is 0. The van der Waals surface area contributed by atoms with Crippen LogP contribution >= 0.6 is 0 Å². The molecule has 0 aromatic rings. The van der Waals surface area contributed by atoms with Crippen LogP contribution in [0.15, 0.2) is 0 Å². The Bertz CT molecular complexity index is 183. The van der Waals surface area contributed by atoms with Crippen LogP contribution in [0.5, 0.6) is 0 Å². The van der Waals surface area contributed by atoms with E-state index in [4.69, 9.17) is 0 Å². The van der Waals surface area contributed by atoms with E-state index in [1.807, 2.05) is 0 Å². The highest BCUT2D eigenvalue weighted by Crippen LogP contribution is 1.91. The van der Waals surface area contributed by atoms with E-state index in [9.17, 15) is 20.4 Å². The van der Waals surface area contributed by atoms with Crippen molar-refractivity contribution in [1.29, 1.82) is 0 Å². The lowest BCUT2D eigenvalue weighted by Crippen LogP contribution is -2.56. The van der Waals surface area contributed by atoms with Gasteiger partial charge < -0.3 is 41.7 Å². The second-order valence-electron chi connectivity index (χ2n) is 5.15. The predicted octanol–water partition coefficient (Wildman–Crippen LogP) is -4.20. The van der Waals surface area contributed by atoms with Gasteiger partial charge in [0.15, 0.2) is 0 Å². The van der Waals surface area contributed by atoms with Gasteiger partial charge in [0.25, 0.3) is 0 Å². The Kier molecular flexibility index (Phi) is 9.23. The van der Waals surface area contributed by atoms with E-state index >= 15 is 0 Å². The van der Waals surface area contributed by atoms with Gasteiger partial charge in [-0.1, -0.05) is 0 Å². The van der Waals surface area contributed by atoms with Gasteiger partial charge in [0, 0.05) is 50.3 Å². The highest BCUT2D eigenvalue weighted by molar-refractivity contribution is 4.82. The monoisotopic (exact) mass is 292 g/mol. The van der Waals surface area contributed by atoms with Crippen LogP contribution in [-0.4, -0.2) is 97.2 Å². The molecule has 1 fully saturated rings. The van der Waals surface area contributed by atoms with Crippen molar-refractivity contribution in [2.75, 3.05) is 52.6 Å². The Balaban J connectivity index is 2.58. The van der Waals surface area contributed by atoms with Gasteiger partial charge >= 0.3 is 0 Å². The maximum absolute atomic E-state index is 9.30. The summed E-state index contributed by atoms with van der Waals surface area (Å²) in [6, 6.07) is -0.526. The van der Waals surface area contributed by atoms with Crippen molar-refractivity contribution >= 4 is 0 Å². The molecule has 8 heteroatoms. The van der Waals surface area contributed by atoms with E-state index in [0.29, 0.717) is 26.2 Å². The van der Waals surface area contributed by atoms with Crippen LogP contribution in [0.1, 0.15) is 0 Å². The predicted molar refractivity (Wildman–Crippen MR) is 75.5 cm³/mol. The summed E-state index contributed by atoms with van der Waals surface area (Å²) in [5.41, 5.74) is 0. The molecule has 120 valence electrons. The fourth-order valence-electron chi connectivity index (χ4n) is 2.04. The minimum Gasteiger partial charge on any atom is -0.395 e. The van der Waals surface area contributed by atoms with Crippen molar-refractivity contribution in [1.82, 2.24) is 21.3 Å². The Morgan fingerprint density at radius 1 is 0.500 bits per heavy atom. The third kappa shape index (κ3) is 6.42. The molecule has 0 aromatic carbocycles. The van der Waals surface area contributed by atoms with Crippen LogP contribution < -0.4 is 21.3 Å². The molecule has 20 heavy (non-hydrogen) atoms. The minimum atomic E-state index is -0.132. The molecule has 8 nitrogen and oxygen atoms in total. The van der Waals surface area contributed by atoms with E-state index < -0.39 is 0 Å². The maximum Gasteiger partial charge on any atom is 0.0597 e. The van der Waals surface area contributed by atoms with E-state index in [1.165, 1.54) is 0 Å². The summed E-state index contributed by atoms with van der Waals surface area (Å²) < 4.78 is 0. The first-order chi connectivity index (χ1) is 9.73. The summed E-state index contributed by atoms with van der Waals surface area (Å²) in [6.07, 6.45) is 0. The first kappa shape index (κ1) is 17.7. The normalized spacial score (nSPS) is 34.2. The average Bonchev–Trinajstić information content (AvgIpc) is 2.48. The standard InChI is InChI=1S/C12H28N4O4/c17-5-9-1-13-10(6-18)2-15-12(8-20)4-16-11(7-19)3-14-9/h9-20H,1-8H2/t9-,10-,11-,12+/m1/s1. The molecular formula is C12H28N4O4. The molecule has 1 aliphatic rings. The number of hydrogen-bond donors (Lipinski definition) is 8. The lowest BCUT2D eigenvalue weighted by molar-refractivity contribution is 0.177. The lowest BCUT2D eigenvalue weighted by atomic mass is 10.2. The SMILES string of the molecule is OC[C@@H]1CN[C@@H](CO)CN[C@@H](CO)CN[C@@H](CO)CN1. The molecule has 0 aromatic heterocycles. The molecule has 1 heterocycles. The van der Waals surface area contributed by atoms with Gasteiger partial charge in [-0.05, 0) is 0 Å². The molecular weight excluding hydrogens is 264 g/mol. The first-order valence-electron chi connectivity index (χ1n) is 7.10. The van der Waals surface area contributed by atoms with Crippen LogP contribution in [0.3, 0.4) is 0 Å². The number of rotatable bonds is 4. The highest BCUT2D eigenvalue weighted by atomic mass is 16.3. The Labute approximate surface area is 119 Å². The molecule has 0 bridgehead atoms. The quantitative estimate of drug-likeness (QED) is 0.262. The van der Waals surface area contributed by atoms with Gasteiger partial charge in [0.2, 0.25) is 0 Å². The smallest absolute Gasteiger partial charge is 0.0597 e. The summed E-state index contributed by atoms with van der Waals surface area (Å²) in [7, 11) is 0. The molecule has 1 aliphatic heterocycles. The molecule has 8 N–H and O–H groups in total. The third-order valence-electron chi connectivity index (χ3n) is 3.49. The molecule has 1 rings (SSSR count). The van der Waals surface area contributed by atoms with Gasteiger partial charge in [0.05, 0.1) is 26.4 Å². The van der Waals surface area contributed by atoms with Crippen molar-refractivity contribution in [2.24, 2.45) is 0 Å². The van der Waals surface area contributed by atoms with Crippen molar-refractivity contribution < 1.29 is 20.4 Å². The van der Waals surface area contributed by atoms with Crippen molar-refractivity contribution in [3.8, 4) is 0 Å². The molecule has 0 amide bonds. The first-order valence-corrected chi connectivity index (χ1v) is 7.10. The maximum atomic E-state index is 9.30. The van der Waals surface area contributed by atoms with Gasteiger partial charge in [0.1, 0.15) is 0 Å². The number of aliphatic hydroxyl groups excluding tert-OH is 4. The van der Waals surface area contributed by atoms with Crippen molar-refractivity contribution in [2.45, 2.75) is 24.2 Å². The highest BCUT2D eigenvalue weighted by Gasteiger charge is 2.18. The number of hydrogen-bond acceptors (Lipinski definition) is 8. The molecule has 0 aliphatic carbocycles. The van der Waals surface area contributed by atoms with Crippen LogP contribution in [0, 0.1) is 0 Å². The second-order valence-corrected chi connectivity index (χ2v) is 5.15. The van der Waals surface area contributed by atoms with E-state index in [-0.39, 0.29) is 50.6 Å². The molecule has 0 saturated carbocycles. The van der Waals surface area contributed by atoms with E-state index in [1.54, 1.807) is 0 Å². The zero-order valence-corrected chi connectivity index (χ0v) is 11.8. The minimum absolute atomic E-state index is 0.0179. The van der Waals surface area contributed by atoms with Crippen LogP contribution in [0.25, 0.3) is 0 Å². The molecule has 1 saturated heterocycles. The zero-order chi connectivity index (χ0) is 14.8. The van der Waals surface area contributed by atoms with Gasteiger partial charge in [-0.3, -0.25) is 0 Å². The van der Waals surface area contributed by atoms with Crippen LogP contribution in [-0.2, 0) is 0 Å². The summed E-state index contributed by atoms with van der Waals surface area (Å²) in [6.45, 7) is 2.01. The second kappa shape index (κ2) is 10.4. The fourth-order valence-corrected chi connectivity index (χ4v) is 2.04. The molecule has 0 radical (unpaired) electrons. The largest absolute Gasteiger partial charge is 0.395 e. The van der Waals surface area contributed by atoms with E-state index in [0.717, 1.165) is 0 Å². The average molecular weight is 292 g/mol. The van der Waals surface area contributed by atoms with Crippen LogP contribution in [0.2, 0.25) is 0 Å². The Hall–Kier alpha value is -0.320. The molecule has 0 unspecified atom stereocenters. The molecule has 4 atom stereocenters. The van der Waals surface area contributed by atoms with Gasteiger partial charge in [-0.2, -0.15) is 0 Å². The lowest BCUT2D eigenvalue weighted by Gasteiger charge is -2.28.